The smallest absolute Gasteiger partial charge is 0.252 e. The quantitative estimate of drug-likeness (QED) is 0.595. The monoisotopic (exact) mass is 435 g/mol. The number of pyridine rings is 1. The highest BCUT2D eigenvalue weighted by Crippen LogP contribution is 2.33. The fourth-order valence-corrected chi connectivity index (χ4v) is 4.81. The summed E-state index contributed by atoms with van der Waals surface area (Å²) in [6.45, 7) is 0.892. The number of ether oxygens (including phenoxy) is 2. The lowest BCUT2D eigenvalue weighted by Gasteiger charge is -2.29. The highest BCUT2D eigenvalue weighted by atomic mass is 32.2. The Bertz CT molecular complexity index is 1060. The van der Waals surface area contributed by atoms with E-state index in [9.17, 15) is 18.0 Å². The lowest BCUT2D eigenvalue weighted by Crippen LogP contribution is -2.38. The Morgan fingerprint density at radius 2 is 1.87 bits per heavy atom. The van der Waals surface area contributed by atoms with Gasteiger partial charge in [0.05, 0.1) is 25.5 Å². The van der Waals surface area contributed by atoms with E-state index in [2.05, 4.69) is 10.3 Å². The van der Waals surface area contributed by atoms with Crippen LogP contribution in [-0.4, -0.2) is 56.7 Å². The van der Waals surface area contributed by atoms with E-state index in [1.54, 1.807) is 14.2 Å². The number of hydrogen-bond acceptors (Lipinski definition) is 6. The third-order valence-corrected chi connectivity index (χ3v) is 6.89. The van der Waals surface area contributed by atoms with Gasteiger partial charge in [-0.05, 0) is 42.2 Å². The molecule has 1 aliphatic heterocycles. The predicted molar refractivity (Wildman–Crippen MR) is 111 cm³/mol. The van der Waals surface area contributed by atoms with Crippen LogP contribution < -0.4 is 20.3 Å². The molecule has 30 heavy (non-hydrogen) atoms. The zero-order valence-corrected chi connectivity index (χ0v) is 17.8. The summed E-state index contributed by atoms with van der Waals surface area (Å²) >= 11 is 0. The molecule has 2 heterocycles. The van der Waals surface area contributed by atoms with E-state index in [1.165, 1.54) is 22.6 Å². The minimum atomic E-state index is -3.47. The van der Waals surface area contributed by atoms with Gasteiger partial charge < -0.3 is 19.8 Å². The second kappa shape index (κ2) is 9.31. The Morgan fingerprint density at radius 1 is 1.17 bits per heavy atom. The van der Waals surface area contributed by atoms with E-state index in [1.807, 2.05) is 12.1 Å². The molecule has 3 rings (SSSR count). The van der Waals surface area contributed by atoms with Gasteiger partial charge in [0.15, 0.2) is 11.5 Å². The normalized spacial score (nSPS) is 14.1. The van der Waals surface area contributed by atoms with Crippen LogP contribution in [0.15, 0.2) is 35.3 Å². The predicted octanol–water partition coefficient (Wildman–Crippen LogP) is 0.900. The SMILES string of the molecule is COc1cc2c(cc1OC)CN(S(=O)(=O)CCCNC(=O)c1ccc(=O)[nH]c1)CC2. The average Bonchev–Trinajstić information content (AvgIpc) is 2.75. The summed E-state index contributed by atoms with van der Waals surface area (Å²) in [4.78, 5) is 25.5. The summed E-state index contributed by atoms with van der Waals surface area (Å²) in [5, 5.41) is 2.66. The fourth-order valence-electron chi connectivity index (χ4n) is 3.33. The topological polar surface area (TPSA) is 118 Å². The van der Waals surface area contributed by atoms with Crippen molar-refractivity contribution in [2.75, 3.05) is 33.1 Å². The molecule has 0 saturated heterocycles. The third kappa shape index (κ3) is 5.00. The molecule has 1 amide bonds. The van der Waals surface area contributed by atoms with Gasteiger partial charge in [-0.2, -0.15) is 4.31 Å². The molecule has 10 heteroatoms. The van der Waals surface area contributed by atoms with Crippen molar-refractivity contribution in [3.8, 4) is 11.5 Å². The number of methoxy groups -OCH3 is 2. The Morgan fingerprint density at radius 3 is 2.50 bits per heavy atom. The molecule has 0 fully saturated rings. The molecule has 0 radical (unpaired) electrons. The molecule has 0 atom stereocenters. The molecular formula is C20H25N3O6S. The second-order valence-electron chi connectivity index (χ2n) is 6.93. The number of aromatic amines is 1. The summed E-state index contributed by atoms with van der Waals surface area (Å²) in [6.07, 6.45) is 2.20. The first kappa shape index (κ1) is 21.8. The lowest BCUT2D eigenvalue weighted by atomic mass is 10.0. The van der Waals surface area contributed by atoms with E-state index >= 15 is 0 Å². The van der Waals surface area contributed by atoms with Crippen LogP contribution in [0.3, 0.4) is 0 Å². The summed E-state index contributed by atoms with van der Waals surface area (Å²) < 4.78 is 37.6. The highest BCUT2D eigenvalue weighted by molar-refractivity contribution is 7.89. The fraction of sp³-hybridized carbons (Fsp3) is 0.400. The van der Waals surface area contributed by atoms with Crippen LogP contribution in [-0.2, 0) is 23.0 Å². The summed E-state index contributed by atoms with van der Waals surface area (Å²) in [5.74, 6) is 0.768. The first-order chi connectivity index (χ1) is 14.3. The van der Waals surface area contributed by atoms with E-state index in [0.29, 0.717) is 30.0 Å². The van der Waals surface area contributed by atoms with Gasteiger partial charge in [-0.25, -0.2) is 8.42 Å². The Kier molecular flexibility index (Phi) is 6.78. The van der Waals surface area contributed by atoms with E-state index in [-0.39, 0.29) is 36.7 Å². The number of carbonyl (C=O) groups excluding carboxylic acids is 1. The zero-order valence-electron chi connectivity index (χ0n) is 16.9. The maximum Gasteiger partial charge on any atom is 0.252 e. The van der Waals surface area contributed by atoms with Crippen molar-refractivity contribution >= 4 is 15.9 Å². The van der Waals surface area contributed by atoms with Crippen LogP contribution in [0.25, 0.3) is 0 Å². The van der Waals surface area contributed by atoms with Crippen molar-refractivity contribution in [3.05, 3.63) is 57.5 Å². The third-order valence-electron chi connectivity index (χ3n) is 4.99. The summed E-state index contributed by atoms with van der Waals surface area (Å²) in [5.41, 5.74) is 1.97. The first-order valence-electron chi connectivity index (χ1n) is 9.52. The standard InChI is InChI=1S/C20H25N3O6S/c1-28-17-10-14-6-8-23(13-16(14)11-18(17)29-2)30(26,27)9-3-7-21-20(25)15-4-5-19(24)22-12-15/h4-5,10-12H,3,6-9,13H2,1-2H3,(H,21,25)(H,22,24). The number of nitrogens with zero attached hydrogens (tertiary/aromatic N) is 1. The maximum absolute atomic E-state index is 12.7. The Labute approximate surface area is 175 Å². The molecule has 1 aromatic carbocycles. The van der Waals surface area contributed by atoms with Crippen LogP contribution in [0, 0.1) is 0 Å². The number of aromatic nitrogens is 1. The number of benzene rings is 1. The number of carbonyl (C=O) groups is 1. The van der Waals surface area contributed by atoms with E-state index < -0.39 is 10.0 Å². The van der Waals surface area contributed by atoms with Gasteiger partial charge in [-0.1, -0.05) is 0 Å². The van der Waals surface area contributed by atoms with Crippen LogP contribution in [0.5, 0.6) is 11.5 Å². The number of hydrogen-bond donors (Lipinski definition) is 2. The molecule has 162 valence electrons. The van der Waals surface area contributed by atoms with E-state index in [4.69, 9.17) is 9.47 Å². The number of H-pyrrole nitrogens is 1. The minimum absolute atomic E-state index is 0.0679. The van der Waals surface area contributed by atoms with Crippen LogP contribution >= 0.6 is 0 Å². The molecule has 2 N–H and O–H groups in total. The van der Waals surface area contributed by atoms with Gasteiger partial charge in [0.2, 0.25) is 15.6 Å². The van der Waals surface area contributed by atoms with E-state index in [0.717, 1.165) is 11.1 Å². The van der Waals surface area contributed by atoms with Crippen molar-refractivity contribution < 1.29 is 22.7 Å². The molecule has 1 aliphatic rings. The molecule has 0 saturated carbocycles. The molecule has 9 nitrogen and oxygen atoms in total. The highest BCUT2D eigenvalue weighted by Gasteiger charge is 2.27. The van der Waals surface area contributed by atoms with Gasteiger partial charge in [0.1, 0.15) is 0 Å². The molecule has 0 unspecified atom stereocenters. The summed E-state index contributed by atoms with van der Waals surface area (Å²) in [6, 6.07) is 6.39. The van der Waals surface area contributed by atoms with Gasteiger partial charge in [-0.15, -0.1) is 0 Å². The number of sulfonamides is 1. The van der Waals surface area contributed by atoms with Crippen LogP contribution in [0.4, 0.5) is 0 Å². The number of nitrogens with one attached hydrogen (secondary N) is 2. The van der Waals surface area contributed by atoms with Gasteiger partial charge in [0, 0.05) is 31.9 Å². The largest absolute Gasteiger partial charge is 0.493 e. The number of fused-ring (bicyclic) bond motifs is 1. The molecular weight excluding hydrogens is 410 g/mol. The van der Waals surface area contributed by atoms with Crippen molar-refractivity contribution in [3.63, 3.8) is 0 Å². The molecule has 0 spiro atoms. The van der Waals surface area contributed by atoms with Crippen LogP contribution in [0.1, 0.15) is 27.9 Å². The van der Waals surface area contributed by atoms with Gasteiger partial charge in [-0.3, -0.25) is 9.59 Å². The number of amides is 1. The molecule has 0 bridgehead atoms. The average molecular weight is 436 g/mol. The second-order valence-corrected chi connectivity index (χ2v) is 9.01. The maximum atomic E-state index is 12.7. The van der Waals surface area contributed by atoms with Crippen molar-refractivity contribution in [1.82, 2.24) is 14.6 Å². The first-order valence-corrected chi connectivity index (χ1v) is 11.1. The zero-order chi connectivity index (χ0) is 21.7. The van der Waals surface area contributed by atoms with Crippen molar-refractivity contribution in [2.24, 2.45) is 0 Å². The van der Waals surface area contributed by atoms with Crippen molar-refractivity contribution in [1.29, 1.82) is 0 Å². The Hall–Kier alpha value is -2.85. The lowest BCUT2D eigenvalue weighted by molar-refractivity contribution is 0.0953. The van der Waals surface area contributed by atoms with Crippen LogP contribution in [0.2, 0.25) is 0 Å². The van der Waals surface area contributed by atoms with Crippen molar-refractivity contribution in [2.45, 2.75) is 19.4 Å². The summed E-state index contributed by atoms with van der Waals surface area (Å²) in [7, 11) is -0.353. The van der Waals surface area contributed by atoms with Gasteiger partial charge >= 0.3 is 0 Å². The molecule has 2 aromatic rings. The Balaban J connectivity index is 1.55. The number of rotatable bonds is 8. The van der Waals surface area contributed by atoms with Gasteiger partial charge in [0.25, 0.3) is 5.91 Å². The minimum Gasteiger partial charge on any atom is -0.493 e. The molecule has 1 aromatic heterocycles. The molecule has 0 aliphatic carbocycles.